The van der Waals surface area contributed by atoms with Gasteiger partial charge in [0.1, 0.15) is 19.0 Å². The van der Waals surface area contributed by atoms with Gasteiger partial charge in [-0.05, 0) is 72.7 Å². The molecule has 0 spiro atoms. The van der Waals surface area contributed by atoms with Gasteiger partial charge in [-0.2, -0.15) is 0 Å². The number of thioether (sulfide) groups is 1. The van der Waals surface area contributed by atoms with Crippen molar-refractivity contribution in [2.45, 2.75) is 13.3 Å². The molecule has 0 atom stereocenters. The van der Waals surface area contributed by atoms with E-state index in [1.165, 1.54) is 11.8 Å². The number of fused-ring (bicyclic) bond motifs is 1. The molecule has 0 unspecified atom stereocenters. The molecule has 0 fully saturated rings. The third-order valence-electron chi connectivity index (χ3n) is 6.23. The number of allylic oxidation sites excluding steroid dienone is 6. The number of hydrogen-bond acceptors (Lipinski definition) is 5. The van der Waals surface area contributed by atoms with E-state index in [0.717, 1.165) is 32.8 Å². The molecule has 1 aliphatic carbocycles. The highest BCUT2D eigenvalue weighted by Crippen LogP contribution is 2.31. The molecule has 2 aromatic carbocycles. The van der Waals surface area contributed by atoms with Crippen LogP contribution in [0.5, 0.6) is 11.5 Å². The molecule has 5 nitrogen and oxygen atoms in total. The van der Waals surface area contributed by atoms with Gasteiger partial charge in [0, 0.05) is 17.5 Å². The Kier molecular flexibility index (Phi) is 9.38. The van der Waals surface area contributed by atoms with Crippen LogP contribution in [0, 0.1) is 0 Å². The minimum atomic E-state index is -0.148. The van der Waals surface area contributed by atoms with E-state index in [2.05, 4.69) is 5.73 Å². The van der Waals surface area contributed by atoms with Crippen LogP contribution in [-0.4, -0.2) is 35.8 Å². The molecule has 0 aliphatic heterocycles. The van der Waals surface area contributed by atoms with Crippen LogP contribution in [0.1, 0.15) is 24.6 Å². The summed E-state index contributed by atoms with van der Waals surface area (Å²) in [5.41, 5.74) is 7.52. The van der Waals surface area contributed by atoms with Gasteiger partial charge in [-0.1, -0.05) is 48.0 Å². The summed E-state index contributed by atoms with van der Waals surface area (Å²) in [6, 6.07) is 15.2. The summed E-state index contributed by atoms with van der Waals surface area (Å²) in [4.78, 5) is 14.3. The van der Waals surface area contributed by atoms with Gasteiger partial charge in [-0.3, -0.25) is 4.79 Å². The Morgan fingerprint density at radius 3 is 2.58 bits per heavy atom. The minimum Gasteiger partial charge on any atom is -0.490 e. The third kappa shape index (κ3) is 6.35. The molecule has 1 N–H and O–H groups in total. The lowest BCUT2D eigenvalue weighted by atomic mass is 10.0. The van der Waals surface area contributed by atoms with Crippen LogP contribution in [-0.2, 0) is 7.05 Å². The molecule has 0 saturated carbocycles. The van der Waals surface area contributed by atoms with Crippen LogP contribution in [0.4, 0.5) is 0 Å². The third-order valence-corrected chi connectivity index (χ3v) is 7.21. The van der Waals surface area contributed by atoms with Crippen LogP contribution in [0.2, 0.25) is 0 Å². The monoisotopic (exact) mass is 547 g/mol. The van der Waals surface area contributed by atoms with Crippen LogP contribution in [0.3, 0.4) is 0 Å². The number of para-hydroxylation sites is 1. The lowest BCUT2D eigenvalue weighted by Gasteiger charge is -2.19. The lowest BCUT2D eigenvalue weighted by Crippen LogP contribution is -2.20. The number of ether oxygens (including phenoxy) is 2. The smallest absolute Gasteiger partial charge is 0.231 e. The number of aromatic nitrogens is 1. The van der Waals surface area contributed by atoms with Crippen LogP contribution in [0.25, 0.3) is 22.0 Å². The molecule has 1 aliphatic rings. The van der Waals surface area contributed by atoms with Crippen molar-refractivity contribution >= 4 is 45.4 Å². The largest absolute Gasteiger partial charge is 0.490 e. The summed E-state index contributed by atoms with van der Waals surface area (Å²) >= 11 is 7.68. The fourth-order valence-electron chi connectivity index (χ4n) is 4.27. The van der Waals surface area contributed by atoms with Crippen molar-refractivity contribution in [1.82, 2.24) is 4.57 Å². The van der Waals surface area contributed by atoms with Gasteiger partial charge in [-0.25, -0.2) is 0 Å². The Labute approximate surface area is 232 Å². The molecule has 3 aromatic rings. The maximum absolute atomic E-state index is 13.5. The van der Waals surface area contributed by atoms with Crippen LogP contribution in [0.15, 0.2) is 93.3 Å². The maximum atomic E-state index is 13.5. The van der Waals surface area contributed by atoms with E-state index in [9.17, 15) is 9.90 Å². The van der Waals surface area contributed by atoms with Crippen molar-refractivity contribution in [3.05, 3.63) is 110 Å². The van der Waals surface area contributed by atoms with Crippen LogP contribution < -0.4 is 14.9 Å². The Morgan fingerprint density at radius 2 is 1.84 bits per heavy atom. The van der Waals surface area contributed by atoms with Gasteiger partial charge in [0.25, 0.3) is 0 Å². The average molecular weight is 548 g/mol. The summed E-state index contributed by atoms with van der Waals surface area (Å²) in [5, 5.41) is 10.6. The Morgan fingerprint density at radius 1 is 1.11 bits per heavy atom. The predicted molar refractivity (Wildman–Crippen MR) is 159 cm³/mol. The van der Waals surface area contributed by atoms with Gasteiger partial charge in [-0.15, -0.1) is 17.5 Å². The highest BCUT2D eigenvalue weighted by Gasteiger charge is 2.19. The molecule has 7 heteroatoms. The first-order chi connectivity index (χ1) is 18.4. The molecule has 196 valence electrons. The number of halogens is 1. The minimum absolute atomic E-state index is 0.0276. The molecule has 0 amide bonds. The van der Waals surface area contributed by atoms with E-state index in [1.807, 2.05) is 97.6 Å². The normalized spacial score (nSPS) is 12.9. The Balaban J connectivity index is 1.54. The predicted octanol–water partition coefficient (Wildman–Crippen LogP) is 6.70. The molecule has 0 saturated heterocycles. The van der Waals surface area contributed by atoms with Crippen LogP contribution >= 0.6 is 23.4 Å². The average Bonchev–Trinajstić information content (AvgIpc) is 3.16. The number of aliphatic hydroxyl groups is 1. The number of benzene rings is 2. The molecule has 38 heavy (non-hydrogen) atoms. The first kappa shape index (κ1) is 27.6. The number of pyridine rings is 1. The second-order valence-electron chi connectivity index (χ2n) is 8.69. The first-order valence-corrected chi connectivity index (χ1v) is 13.9. The van der Waals surface area contributed by atoms with E-state index in [1.54, 1.807) is 0 Å². The van der Waals surface area contributed by atoms with Gasteiger partial charge in [0.15, 0.2) is 5.75 Å². The number of rotatable bonds is 9. The fourth-order valence-corrected chi connectivity index (χ4v) is 4.81. The van der Waals surface area contributed by atoms with Crippen molar-refractivity contribution in [3.63, 3.8) is 0 Å². The van der Waals surface area contributed by atoms with E-state index in [-0.39, 0.29) is 25.2 Å². The topological polar surface area (TPSA) is 60.7 Å². The van der Waals surface area contributed by atoms with Crippen molar-refractivity contribution in [3.8, 4) is 11.5 Å². The van der Waals surface area contributed by atoms with Crippen molar-refractivity contribution in [2.24, 2.45) is 7.05 Å². The van der Waals surface area contributed by atoms with Gasteiger partial charge in [0.2, 0.25) is 5.43 Å². The summed E-state index contributed by atoms with van der Waals surface area (Å²) in [7, 11) is 1.94. The standard InChI is InChI=1S/C31H30ClNO4S/c1-21(19-26(20-34)38-3)22-12-15-25(16-13-22)36-17-18-37-31-29(23-7-6-8-24(32)14-11-23)33(2)28-10-5-4-9-27(28)30(31)35/h4-6,8-16,34H,7,17-18,20H2,1-3H3. The number of aliphatic hydroxyl groups excluding tert-OH is 1. The molecular weight excluding hydrogens is 518 g/mol. The van der Waals surface area contributed by atoms with Crippen molar-refractivity contribution in [1.29, 1.82) is 0 Å². The Bertz CT molecular complexity index is 1530. The summed E-state index contributed by atoms with van der Waals surface area (Å²) < 4.78 is 14.0. The van der Waals surface area contributed by atoms with Gasteiger partial charge >= 0.3 is 0 Å². The van der Waals surface area contributed by atoms with E-state index in [4.69, 9.17) is 21.1 Å². The van der Waals surface area contributed by atoms with E-state index in [0.29, 0.717) is 28.3 Å². The molecule has 4 rings (SSSR count). The highest BCUT2D eigenvalue weighted by atomic mass is 35.5. The van der Waals surface area contributed by atoms with Gasteiger partial charge < -0.3 is 19.1 Å². The summed E-state index contributed by atoms with van der Waals surface area (Å²) in [6.07, 6.45) is 10.1. The zero-order chi connectivity index (χ0) is 27.1. The highest BCUT2D eigenvalue weighted by molar-refractivity contribution is 8.02. The van der Waals surface area contributed by atoms with Crippen molar-refractivity contribution < 1.29 is 14.6 Å². The van der Waals surface area contributed by atoms with Crippen molar-refractivity contribution in [2.75, 3.05) is 26.1 Å². The second-order valence-corrected chi connectivity index (χ2v) is 10.0. The van der Waals surface area contributed by atoms with Gasteiger partial charge in [0.05, 0.1) is 22.7 Å². The Hall–Kier alpha value is -3.41. The zero-order valence-electron chi connectivity index (χ0n) is 21.7. The molecular formula is C31H30ClNO4S. The first-order valence-electron chi connectivity index (χ1n) is 12.2. The maximum Gasteiger partial charge on any atom is 0.231 e. The second kappa shape index (κ2) is 12.9. The fraction of sp³-hybridized carbons (Fsp3) is 0.226. The molecule has 0 radical (unpaired) electrons. The lowest BCUT2D eigenvalue weighted by molar-refractivity contribution is 0.215. The number of aryl methyl sites for hydroxylation is 1. The quantitative estimate of drug-likeness (QED) is 0.238. The number of hydrogen-bond donors (Lipinski definition) is 1. The SMILES string of the molecule is CSC(=C=C(C)c1ccc(OCCOc2c(C3=CC=C(Cl)C=CC3)n(C)c3ccccc3c2=O)cc1)CO. The zero-order valence-corrected chi connectivity index (χ0v) is 23.2. The molecule has 0 bridgehead atoms. The number of nitrogens with zero attached hydrogens (tertiary/aromatic N) is 1. The molecule has 1 heterocycles. The van der Waals surface area contributed by atoms with E-state index < -0.39 is 0 Å². The summed E-state index contributed by atoms with van der Waals surface area (Å²) in [5.74, 6) is 1.00. The van der Waals surface area contributed by atoms with E-state index >= 15 is 0 Å². The summed E-state index contributed by atoms with van der Waals surface area (Å²) in [6.45, 7) is 2.41. The molecule has 1 aromatic heterocycles.